The highest BCUT2D eigenvalue weighted by atomic mass is 35.5. The van der Waals surface area contributed by atoms with Gasteiger partial charge in [0.15, 0.2) is 0 Å². The SMILES string of the molecule is Cl.O=C(N1Cc2ccccc2C1)[C@@]12CCCC[C@H]1CNC2. The van der Waals surface area contributed by atoms with Crippen LogP contribution in [0.15, 0.2) is 24.3 Å². The van der Waals surface area contributed by atoms with Crippen LogP contribution in [0.25, 0.3) is 0 Å². The van der Waals surface area contributed by atoms with Gasteiger partial charge in [-0.1, -0.05) is 37.1 Å². The third-order valence-corrected chi connectivity index (χ3v) is 5.59. The maximum atomic E-state index is 13.2. The zero-order valence-corrected chi connectivity index (χ0v) is 13.1. The lowest BCUT2D eigenvalue weighted by molar-refractivity contribution is -0.146. The molecule has 2 aliphatic heterocycles. The molecule has 114 valence electrons. The Morgan fingerprint density at radius 3 is 2.62 bits per heavy atom. The smallest absolute Gasteiger partial charge is 0.231 e. The Balaban J connectivity index is 0.00000132. The monoisotopic (exact) mass is 306 g/mol. The van der Waals surface area contributed by atoms with Crippen molar-refractivity contribution in [1.29, 1.82) is 0 Å². The lowest BCUT2D eigenvalue weighted by Gasteiger charge is -2.39. The highest BCUT2D eigenvalue weighted by Crippen LogP contribution is 2.46. The molecule has 4 heteroatoms. The fraction of sp³-hybridized carbons (Fsp3) is 0.588. The number of halogens is 1. The van der Waals surface area contributed by atoms with Gasteiger partial charge >= 0.3 is 0 Å². The third-order valence-electron chi connectivity index (χ3n) is 5.59. The van der Waals surface area contributed by atoms with Gasteiger partial charge in [-0.25, -0.2) is 0 Å². The average Bonchev–Trinajstić information content (AvgIpc) is 3.10. The van der Waals surface area contributed by atoms with Gasteiger partial charge in [0.2, 0.25) is 5.91 Å². The molecule has 1 N–H and O–H groups in total. The fourth-order valence-electron chi connectivity index (χ4n) is 4.46. The molecule has 0 spiro atoms. The van der Waals surface area contributed by atoms with Gasteiger partial charge in [-0.2, -0.15) is 0 Å². The van der Waals surface area contributed by atoms with Gasteiger partial charge in [-0.05, 0) is 36.4 Å². The molecule has 1 aliphatic carbocycles. The van der Waals surface area contributed by atoms with E-state index < -0.39 is 0 Å². The zero-order valence-electron chi connectivity index (χ0n) is 12.3. The predicted octanol–water partition coefficient (Wildman–Crippen LogP) is 2.73. The lowest BCUT2D eigenvalue weighted by Crippen LogP contribution is -2.48. The Bertz CT molecular complexity index is 522. The molecule has 1 saturated heterocycles. The predicted molar refractivity (Wildman–Crippen MR) is 85.2 cm³/mol. The average molecular weight is 307 g/mol. The standard InChI is InChI=1S/C17H22N2O.ClH/c20-16(17-8-4-3-7-15(17)9-18-12-17)19-10-13-5-1-2-6-14(13)11-19;/h1-2,5-6,15,18H,3-4,7-12H2;1H/t15-,17+;/m0./s1. The van der Waals surface area contributed by atoms with Crippen molar-refractivity contribution in [2.75, 3.05) is 13.1 Å². The molecular formula is C17H23ClN2O. The van der Waals surface area contributed by atoms with Crippen LogP contribution in [0.2, 0.25) is 0 Å². The molecule has 4 rings (SSSR count). The summed E-state index contributed by atoms with van der Waals surface area (Å²) in [6, 6.07) is 8.47. The highest BCUT2D eigenvalue weighted by molar-refractivity contribution is 5.85. The summed E-state index contributed by atoms with van der Waals surface area (Å²) in [6.45, 7) is 3.54. The molecule has 0 aromatic heterocycles. The molecule has 1 aromatic rings. The Labute approximate surface area is 132 Å². The van der Waals surface area contributed by atoms with Crippen molar-refractivity contribution in [3.05, 3.63) is 35.4 Å². The first-order chi connectivity index (χ1) is 9.79. The van der Waals surface area contributed by atoms with Crippen LogP contribution in [-0.2, 0) is 17.9 Å². The molecule has 0 bridgehead atoms. The molecule has 2 heterocycles. The van der Waals surface area contributed by atoms with E-state index in [0.717, 1.165) is 32.6 Å². The first-order valence-electron chi connectivity index (χ1n) is 7.86. The number of nitrogens with zero attached hydrogens (tertiary/aromatic N) is 1. The van der Waals surface area contributed by atoms with E-state index >= 15 is 0 Å². The molecular weight excluding hydrogens is 284 g/mol. The summed E-state index contributed by atoms with van der Waals surface area (Å²) < 4.78 is 0. The molecule has 21 heavy (non-hydrogen) atoms. The van der Waals surface area contributed by atoms with E-state index in [9.17, 15) is 4.79 Å². The Kier molecular flexibility index (Phi) is 3.98. The van der Waals surface area contributed by atoms with Gasteiger partial charge in [0, 0.05) is 19.6 Å². The van der Waals surface area contributed by atoms with Crippen molar-refractivity contribution in [2.24, 2.45) is 11.3 Å². The number of hydrogen-bond donors (Lipinski definition) is 1. The number of hydrogen-bond acceptors (Lipinski definition) is 2. The first kappa shape index (κ1) is 14.9. The molecule has 0 radical (unpaired) electrons. The molecule has 1 amide bonds. The van der Waals surface area contributed by atoms with E-state index in [-0.39, 0.29) is 17.8 Å². The van der Waals surface area contributed by atoms with Gasteiger partial charge in [0.05, 0.1) is 5.41 Å². The molecule has 2 atom stereocenters. The largest absolute Gasteiger partial charge is 0.333 e. The molecule has 2 fully saturated rings. The van der Waals surface area contributed by atoms with Crippen molar-refractivity contribution in [2.45, 2.75) is 38.8 Å². The van der Waals surface area contributed by atoms with E-state index in [1.807, 2.05) is 0 Å². The Morgan fingerprint density at radius 2 is 1.90 bits per heavy atom. The van der Waals surface area contributed by atoms with Gasteiger partial charge in [0.1, 0.15) is 0 Å². The molecule has 1 saturated carbocycles. The van der Waals surface area contributed by atoms with Crippen molar-refractivity contribution in [1.82, 2.24) is 10.2 Å². The number of carbonyl (C=O) groups excluding carboxylic acids is 1. The van der Waals surface area contributed by atoms with Crippen LogP contribution in [0, 0.1) is 11.3 Å². The number of benzene rings is 1. The van der Waals surface area contributed by atoms with Gasteiger partial charge in [-0.15, -0.1) is 12.4 Å². The van der Waals surface area contributed by atoms with Crippen LogP contribution in [0.1, 0.15) is 36.8 Å². The Morgan fingerprint density at radius 1 is 1.19 bits per heavy atom. The summed E-state index contributed by atoms with van der Waals surface area (Å²) in [5.41, 5.74) is 2.56. The Hall–Kier alpha value is -1.06. The normalized spacial score (nSPS) is 30.5. The summed E-state index contributed by atoms with van der Waals surface area (Å²) in [4.78, 5) is 15.3. The maximum Gasteiger partial charge on any atom is 0.231 e. The fourth-order valence-corrected chi connectivity index (χ4v) is 4.46. The van der Waals surface area contributed by atoms with E-state index in [2.05, 4.69) is 34.5 Å². The van der Waals surface area contributed by atoms with E-state index in [1.54, 1.807) is 0 Å². The minimum Gasteiger partial charge on any atom is -0.333 e. The molecule has 3 nitrogen and oxygen atoms in total. The van der Waals surface area contributed by atoms with Crippen LogP contribution < -0.4 is 5.32 Å². The second kappa shape index (κ2) is 5.62. The van der Waals surface area contributed by atoms with Crippen LogP contribution in [0.3, 0.4) is 0 Å². The number of rotatable bonds is 1. The van der Waals surface area contributed by atoms with Gasteiger partial charge in [-0.3, -0.25) is 4.79 Å². The van der Waals surface area contributed by atoms with Gasteiger partial charge in [0.25, 0.3) is 0 Å². The summed E-state index contributed by atoms with van der Waals surface area (Å²) in [5.74, 6) is 0.968. The molecule has 3 aliphatic rings. The van der Waals surface area contributed by atoms with Crippen LogP contribution in [0.4, 0.5) is 0 Å². The van der Waals surface area contributed by atoms with Crippen molar-refractivity contribution >= 4 is 18.3 Å². The quantitative estimate of drug-likeness (QED) is 0.865. The summed E-state index contributed by atoms with van der Waals surface area (Å²) in [5, 5.41) is 3.48. The number of nitrogens with one attached hydrogen (secondary N) is 1. The summed E-state index contributed by atoms with van der Waals surface area (Å²) in [7, 11) is 0. The van der Waals surface area contributed by atoms with Gasteiger partial charge < -0.3 is 10.2 Å². The van der Waals surface area contributed by atoms with Crippen molar-refractivity contribution in [3.63, 3.8) is 0 Å². The lowest BCUT2D eigenvalue weighted by atomic mass is 9.67. The van der Waals surface area contributed by atoms with Crippen molar-refractivity contribution < 1.29 is 4.79 Å². The van der Waals surface area contributed by atoms with Crippen LogP contribution in [0.5, 0.6) is 0 Å². The zero-order chi connectivity index (χ0) is 13.6. The second-order valence-corrected chi connectivity index (χ2v) is 6.66. The number of amides is 1. The number of carbonyl (C=O) groups is 1. The van der Waals surface area contributed by atoms with E-state index in [4.69, 9.17) is 0 Å². The minimum atomic E-state index is -0.0969. The first-order valence-corrected chi connectivity index (χ1v) is 7.86. The minimum absolute atomic E-state index is 0. The second-order valence-electron chi connectivity index (χ2n) is 6.66. The van der Waals surface area contributed by atoms with E-state index in [0.29, 0.717) is 11.8 Å². The van der Waals surface area contributed by atoms with Crippen LogP contribution >= 0.6 is 12.4 Å². The summed E-state index contributed by atoms with van der Waals surface area (Å²) >= 11 is 0. The molecule has 0 unspecified atom stereocenters. The molecule has 1 aromatic carbocycles. The van der Waals surface area contributed by atoms with E-state index in [1.165, 1.54) is 30.4 Å². The highest BCUT2D eigenvalue weighted by Gasteiger charge is 2.51. The summed E-state index contributed by atoms with van der Waals surface area (Å²) in [6.07, 6.45) is 4.81. The third kappa shape index (κ3) is 2.27. The van der Waals surface area contributed by atoms with Crippen LogP contribution in [-0.4, -0.2) is 23.9 Å². The van der Waals surface area contributed by atoms with Crippen molar-refractivity contribution in [3.8, 4) is 0 Å². The maximum absolute atomic E-state index is 13.2. The topological polar surface area (TPSA) is 32.3 Å². The number of fused-ring (bicyclic) bond motifs is 2.